The van der Waals surface area contributed by atoms with Crippen molar-refractivity contribution >= 4 is 21.8 Å². The van der Waals surface area contributed by atoms with Crippen LogP contribution >= 0.6 is 15.9 Å². The van der Waals surface area contributed by atoms with Crippen LogP contribution < -0.4 is 0 Å². The highest BCUT2D eigenvalue weighted by atomic mass is 79.9. The normalized spacial score (nSPS) is 12.4. The van der Waals surface area contributed by atoms with Gasteiger partial charge < -0.3 is 14.1 Å². The van der Waals surface area contributed by atoms with Gasteiger partial charge in [0.15, 0.2) is 0 Å². The highest BCUT2D eigenvalue weighted by molar-refractivity contribution is 9.10. The van der Waals surface area contributed by atoms with E-state index in [4.69, 9.17) is 9.15 Å². The van der Waals surface area contributed by atoms with E-state index >= 15 is 0 Å². The van der Waals surface area contributed by atoms with E-state index in [2.05, 4.69) is 15.9 Å². The molecule has 0 aliphatic rings. The fraction of sp³-hybridized carbons (Fsp3) is 0.615. The Hall–Kier alpha value is -0.810. The minimum atomic E-state index is -0.130. The zero-order valence-corrected chi connectivity index (χ0v) is 12.5. The number of halogens is 1. The van der Waals surface area contributed by atoms with Crippen LogP contribution in [0.25, 0.3) is 0 Å². The number of hydrogen-bond donors (Lipinski definition) is 0. The average molecular weight is 318 g/mol. The molecule has 0 aliphatic heterocycles. The fourth-order valence-electron chi connectivity index (χ4n) is 1.63. The highest BCUT2D eigenvalue weighted by Gasteiger charge is 2.21. The first-order valence-corrected chi connectivity index (χ1v) is 7.04. The molecule has 0 bridgehead atoms. The van der Waals surface area contributed by atoms with Crippen molar-refractivity contribution in [3.63, 3.8) is 0 Å². The van der Waals surface area contributed by atoms with E-state index in [9.17, 15) is 4.79 Å². The Bertz CT molecular complexity index is 340. The van der Waals surface area contributed by atoms with Crippen LogP contribution in [0.2, 0.25) is 0 Å². The summed E-state index contributed by atoms with van der Waals surface area (Å²) in [5.41, 5.74) is 0. The summed E-state index contributed by atoms with van der Waals surface area (Å²) in [4.78, 5) is 13.9. The molecule has 0 radical (unpaired) electrons. The molecular weight excluding hydrogens is 298 g/mol. The third-order valence-electron chi connectivity index (χ3n) is 2.64. The van der Waals surface area contributed by atoms with E-state index in [0.717, 1.165) is 18.6 Å². The second-order valence-corrected chi connectivity index (χ2v) is 5.17. The van der Waals surface area contributed by atoms with Gasteiger partial charge >= 0.3 is 0 Å². The van der Waals surface area contributed by atoms with E-state index in [-0.39, 0.29) is 10.7 Å². The summed E-state index contributed by atoms with van der Waals surface area (Å²) < 4.78 is 10.3. The van der Waals surface area contributed by atoms with Gasteiger partial charge in [-0.15, -0.1) is 0 Å². The molecule has 0 saturated heterocycles. The predicted molar refractivity (Wildman–Crippen MR) is 73.6 cm³/mol. The number of alkyl halides is 1. The average Bonchev–Trinajstić information content (AvgIpc) is 2.89. The summed E-state index contributed by atoms with van der Waals surface area (Å²) >= 11 is 3.40. The Morgan fingerprint density at radius 2 is 2.39 bits per heavy atom. The fourth-order valence-corrected chi connectivity index (χ4v) is 1.92. The maximum Gasteiger partial charge on any atom is 0.236 e. The largest absolute Gasteiger partial charge is 0.467 e. The molecule has 0 aromatic carbocycles. The monoisotopic (exact) mass is 317 g/mol. The number of carbonyl (C=O) groups is 1. The van der Waals surface area contributed by atoms with Crippen molar-refractivity contribution in [2.45, 2.75) is 31.1 Å². The van der Waals surface area contributed by atoms with Gasteiger partial charge in [-0.1, -0.05) is 22.9 Å². The van der Waals surface area contributed by atoms with Gasteiger partial charge in [-0.25, -0.2) is 0 Å². The summed E-state index contributed by atoms with van der Waals surface area (Å²) in [6, 6.07) is 3.71. The van der Waals surface area contributed by atoms with Crippen molar-refractivity contribution in [2.75, 3.05) is 20.3 Å². The zero-order chi connectivity index (χ0) is 13.4. The zero-order valence-electron chi connectivity index (χ0n) is 10.9. The van der Waals surface area contributed by atoms with Crippen LogP contribution in [-0.2, 0) is 16.1 Å². The molecule has 1 heterocycles. The third-order valence-corrected chi connectivity index (χ3v) is 3.68. The quantitative estimate of drug-likeness (QED) is 0.547. The van der Waals surface area contributed by atoms with Gasteiger partial charge in [0.1, 0.15) is 5.76 Å². The number of carbonyl (C=O) groups excluding carboxylic acids is 1. The Morgan fingerprint density at radius 1 is 1.61 bits per heavy atom. The van der Waals surface area contributed by atoms with Crippen molar-refractivity contribution in [1.29, 1.82) is 0 Å². The molecule has 0 N–H and O–H groups in total. The lowest BCUT2D eigenvalue weighted by atomic mass is 10.2. The molecule has 1 atom stereocenters. The molecule has 0 saturated carbocycles. The SMILES string of the molecule is CC[C@@H](Br)C(=O)N(CCCOC)Cc1ccco1. The number of hydrogen-bond acceptors (Lipinski definition) is 3. The molecule has 0 aliphatic carbocycles. The number of methoxy groups -OCH3 is 1. The summed E-state index contributed by atoms with van der Waals surface area (Å²) in [5, 5.41) is 0. The minimum Gasteiger partial charge on any atom is -0.467 e. The van der Waals surface area contributed by atoms with Crippen LogP contribution in [0.3, 0.4) is 0 Å². The molecule has 4 nitrogen and oxygen atoms in total. The van der Waals surface area contributed by atoms with E-state index in [1.165, 1.54) is 0 Å². The minimum absolute atomic E-state index is 0.102. The smallest absolute Gasteiger partial charge is 0.236 e. The topological polar surface area (TPSA) is 42.7 Å². The van der Waals surface area contributed by atoms with Crippen molar-refractivity contribution in [3.8, 4) is 0 Å². The van der Waals surface area contributed by atoms with E-state index in [0.29, 0.717) is 19.7 Å². The van der Waals surface area contributed by atoms with Crippen LogP contribution in [0, 0.1) is 0 Å². The lowest BCUT2D eigenvalue weighted by molar-refractivity contribution is -0.131. The lowest BCUT2D eigenvalue weighted by Crippen LogP contribution is -2.37. The van der Waals surface area contributed by atoms with Gasteiger partial charge in [-0.2, -0.15) is 0 Å². The summed E-state index contributed by atoms with van der Waals surface area (Å²) in [7, 11) is 1.66. The molecule has 0 spiro atoms. The van der Waals surface area contributed by atoms with Crippen LogP contribution in [0.1, 0.15) is 25.5 Å². The molecule has 1 aromatic heterocycles. The van der Waals surface area contributed by atoms with Crippen molar-refractivity contribution in [2.24, 2.45) is 0 Å². The van der Waals surface area contributed by atoms with E-state index in [1.54, 1.807) is 18.3 Å². The summed E-state index contributed by atoms with van der Waals surface area (Å²) in [6.45, 7) is 3.83. The number of ether oxygens (including phenoxy) is 1. The van der Waals surface area contributed by atoms with Crippen LogP contribution in [0.4, 0.5) is 0 Å². The Balaban J connectivity index is 2.59. The van der Waals surface area contributed by atoms with Crippen molar-refractivity contribution in [1.82, 2.24) is 4.90 Å². The van der Waals surface area contributed by atoms with Gasteiger partial charge in [-0.3, -0.25) is 4.79 Å². The number of amides is 1. The van der Waals surface area contributed by atoms with Crippen molar-refractivity contribution in [3.05, 3.63) is 24.2 Å². The van der Waals surface area contributed by atoms with Gasteiger partial charge in [-0.05, 0) is 25.0 Å². The van der Waals surface area contributed by atoms with Crippen molar-refractivity contribution < 1.29 is 13.9 Å². The number of rotatable bonds is 8. The lowest BCUT2D eigenvalue weighted by Gasteiger charge is -2.23. The molecule has 5 heteroatoms. The van der Waals surface area contributed by atoms with Crippen LogP contribution in [0.15, 0.2) is 22.8 Å². The summed E-state index contributed by atoms with van der Waals surface area (Å²) in [5.74, 6) is 0.904. The highest BCUT2D eigenvalue weighted by Crippen LogP contribution is 2.13. The second kappa shape index (κ2) is 8.32. The van der Waals surface area contributed by atoms with Gasteiger partial charge in [0, 0.05) is 20.3 Å². The molecule has 0 fully saturated rings. The molecular formula is C13H20BrNO3. The molecule has 102 valence electrons. The Labute approximate surface area is 116 Å². The van der Waals surface area contributed by atoms with Gasteiger partial charge in [0.2, 0.25) is 5.91 Å². The number of nitrogens with zero attached hydrogens (tertiary/aromatic N) is 1. The maximum absolute atomic E-state index is 12.2. The predicted octanol–water partition coefficient (Wildman–Crippen LogP) is 2.82. The van der Waals surface area contributed by atoms with E-state index < -0.39 is 0 Å². The Kier molecular flexibility index (Phi) is 7.05. The first-order chi connectivity index (χ1) is 8.69. The standard InChI is InChI=1S/C13H20BrNO3/c1-3-12(14)13(16)15(7-5-8-17-2)10-11-6-4-9-18-11/h4,6,9,12H,3,5,7-8,10H2,1-2H3/t12-/m1/s1. The first-order valence-electron chi connectivity index (χ1n) is 6.13. The molecule has 1 aromatic rings. The molecule has 18 heavy (non-hydrogen) atoms. The summed E-state index contributed by atoms with van der Waals surface area (Å²) in [6.07, 6.45) is 3.22. The van der Waals surface area contributed by atoms with Gasteiger partial charge in [0.05, 0.1) is 17.6 Å². The molecule has 0 unspecified atom stereocenters. The van der Waals surface area contributed by atoms with Crippen LogP contribution in [-0.4, -0.2) is 35.9 Å². The number of furan rings is 1. The Morgan fingerprint density at radius 3 is 2.94 bits per heavy atom. The van der Waals surface area contributed by atoms with Crippen LogP contribution in [0.5, 0.6) is 0 Å². The first kappa shape index (κ1) is 15.2. The third kappa shape index (κ3) is 4.82. The van der Waals surface area contributed by atoms with Gasteiger partial charge in [0.25, 0.3) is 0 Å². The maximum atomic E-state index is 12.2. The molecule has 1 amide bonds. The van der Waals surface area contributed by atoms with E-state index in [1.807, 2.05) is 19.1 Å². The second-order valence-electron chi connectivity index (χ2n) is 4.06. The molecule has 1 rings (SSSR count).